The molecule has 0 saturated carbocycles. The van der Waals surface area contributed by atoms with Gasteiger partial charge in [0.05, 0.1) is 5.92 Å². The molecule has 3 nitrogen and oxygen atoms in total. The second-order valence-corrected chi connectivity index (χ2v) is 3.79. The van der Waals surface area contributed by atoms with E-state index in [2.05, 4.69) is 5.32 Å². The van der Waals surface area contributed by atoms with Crippen molar-refractivity contribution in [3.05, 3.63) is 29.8 Å². The molecule has 0 saturated heterocycles. The van der Waals surface area contributed by atoms with Gasteiger partial charge in [-0.05, 0) is 18.6 Å². The molecule has 0 aliphatic rings. The molecule has 0 heterocycles. The lowest BCUT2D eigenvalue weighted by atomic mass is 9.98. The number of carbonyl (C=O) groups is 1. The van der Waals surface area contributed by atoms with Crippen LogP contribution >= 0.6 is 0 Å². The van der Waals surface area contributed by atoms with E-state index in [-0.39, 0.29) is 11.8 Å². The molecule has 0 unspecified atom stereocenters. The summed E-state index contributed by atoms with van der Waals surface area (Å²) in [6, 6.07) is 7.88. The summed E-state index contributed by atoms with van der Waals surface area (Å²) in [5.74, 6) is 0.0151. The number of nitrogens with one attached hydrogen (secondary N) is 1. The van der Waals surface area contributed by atoms with E-state index in [9.17, 15) is 4.79 Å². The van der Waals surface area contributed by atoms with Crippen LogP contribution in [-0.2, 0) is 4.79 Å². The fourth-order valence-corrected chi connectivity index (χ4v) is 1.62. The van der Waals surface area contributed by atoms with Crippen LogP contribution in [0.1, 0.15) is 18.4 Å². The van der Waals surface area contributed by atoms with Gasteiger partial charge < -0.3 is 10.2 Å². The van der Waals surface area contributed by atoms with Crippen LogP contribution in [0.2, 0.25) is 0 Å². The van der Waals surface area contributed by atoms with E-state index >= 15 is 0 Å². The van der Waals surface area contributed by atoms with Gasteiger partial charge in [0.1, 0.15) is 0 Å². The molecule has 0 bridgehead atoms. The first-order valence-corrected chi connectivity index (χ1v) is 5.05. The number of anilines is 1. The van der Waals surface area contributed by atoms with Crippen LogP contribution in [-0.4, -0.2) is 32.0 Å². The largest absolute Gasteiger partial charge is 0.388 e. The van der Waals surface area contributed by atoms with Gasteiger partial charge in [-0.3, -0.25) is 4.79 Å². The normalized spacial score (nSPS) is 12.0. The second-order valence-electron chi connectivity index (χ2n) is 3.79. The summed E-state index contributed by atoms with van der Waals surface area (Å²) >= 11 is 0. The predicted octanol–water partition coefficient (Wildman–Crippen LogP) is 1.92. The molecule has 1 rings (SSSR count). The van der Waals surface area contributed by atoms with Crippen LogP contribution in [0.15, 0.2) is 24.3 Å². The van der Waals surface area contributed by atoms with Gasteiger partial charge >= 0.3 is 0 Å². The Bertz CT molecular complexity index is 347. The van der Waals surface area contributed by atoms with E-state index in [4.69, 9.17) is 0 Å². The minimum absolute atomic E-state index is 0.108. The molecule has 1 aromatic rings. The smallest absolute Gasteiger partial charge is 0.229 e. The minimum atomic E-state index is -0.108. The SMILES string of the molecule is CNc1ccccc1[C@@H](C)C(=O)N(C)C. The van der Waals surface area contributed by atoms with Gasteiger partial charge in [0.25, 0.3) is 0 Å². The van der Waals surface area contributed by atoms with E-state index in [0.717, 1.165) is 11.3 Å². The topological polar surface area (TPSA) is 32.3 Å². The van der Waals surface area contributed by atoms with Crippen molar-refractivity contribution in [3.63, 3.8) is 0 Å². The van der Waals surface area contributed by atoms with E-state index in [1.165, 1.54) is 0 Å². The molecule has 1 N–H and O–H groups in total. The molecule has 15 heavy (non-hydrogen) atoms. The number of para-hydroxylation sites is 1. The van der Waals surface area contributed by atoms with Gasteiger partial charge in [-0.2, -0.15) is 0 Å². The Balaban J connectivity index is 3.00. The van der Waals surface area contributed by atoms with Crippen molar-refractivity contribution in [1.29, 1.82) is 0 Å². The third kappa shape index (κ3) is 2.49. The highest BCUT2D eigenvalue weighted by Gasteiger charge is 2.18. The highest BCUT2D eigenvalue weighted by Crippen LogP contribution is 2.24. The zero-order valence-electron chi connectivity index (χ0n) is 9.74. The molecule has 1 amide bonds. The number of hydrogen-bond acceptors (Lipinski definition) is 2. The molecular formula is C12H18N2O. The third-order valence-corrected chi connectivity index (χ3v) is 2.51. The Morgan fingerprint density at radius 1 is 1.33 bits per heavy atom. The van der Waals surface area contributed by atoms with Crippen molar-refractivity contribution in [2.24, 2.45) is 0 Å². The summed E-state index contributed by atoms with van der Waals surface area (Å²) in [5, 5.41) is 3.10. The summed E-state index contributed by atoms with van der Waals surface area (Å²) in [5.41, 5.74) is 2.05. The first-order valence-electron chi connectivity index (χ1n) is 5.05. The summed E-state index contributed by atoms with van der Waals surface area (Å²) in [6.45, 7) is 1.93. The van der Waals surface area contributed by atoms with Crippen LogP contribution in [0.4, 0.5) is 5.69 Å². The number of nitrogens with zero attached hydrogens (tertiary/aromatic N) is 1. The van der Waals surface area contributed by atoms with Crippen molar-refractivity contribution in [2.45, 2.75) is 12.8 Å². The van der Waals surface area contributed by atoms with Gasteiger partial charge in [0.2, 0.25) is 5.91 Å². The molecule has 0 aromatic heterocycles. The number of amides is 1. The molecule has 82 valence electrons. The molecule has 0 fully saturated rings. The zero-order valence-corrected chi connectivity index (χ0v) is 9.74. The average Bonchev–Trinajstić information content (AvgIpc) is 2.26. The fourth-order valence-electron chi connectivity index (χ4n) is 1.62. The van der Waals surface area contributed by atoms with Gasteiger partial charge in [-0.1, -0.05) is 18.2 Å². The molecule has 1 atom stereocenters. The lowest BCUT2D eigenvalue weighted by Crippen LogP contribution is -2.27. The molecule has 0 aliphatic heterocycles. The predicted molar refractivity (Wildman–Crippen MR) is 63.1 cm³/mol. The van der Waals surface area contributed by atoms with Crippen molar-refractivity contribution in [2.75, 3.05) is 26.5 Å². The molecular weight excluding hydrogens is 188 g/mol. The third-order valence-electron chi connectivity index (χ3n) is 2.51. The highest BCUT2D eigenvalue weighted by atomic mass is 16.2. The quantitative estimate of drug-likeness (QED) is 0.819. The molecule has 0 spiro atoms. The first-order chi connectivity index (χ1) is 7.07. The van der Waals surface area contributed by atoms with Crippen LogP contribution in [0.3, 0.4) is 0 Å². The lowest BCUT2D eigenvalue weighted by Gasteiger charge is -2.19. The summed E-state index contributed by atoms with van der Waals surface area (Å²) < 4.78 is 0. The molecule has 3 heteroatoms. The molecule has 0 aliphatic carbocycles. The maximum absolute atomic E-state index is 11.8. The van der Waals surface area contributed by atoms with Crippen molar-refractivity contribution in [1.82, 2.24) is 4.90 Å². The maximum atomic E-state index is 11.8. The Labute approximate surface area is 91.1 Å². The highest BCUT2D eigenvalue weighted by molar-refractivity contribution is 5.84. The van der Waals surface area contributed by atoms with Crippen LogP contribution < -0.4 is 5.32 Å². The first kappa shape index (κ1) is 11.6. The van der Waals surface area contributed by atoms with Gasteiger partial charge in [-0.15, -0.1) is 0 Å². The number of carbonyl (C=O) groups excluding carboxylic acids is 1. The van der Waals surface area contributed by atoms with Crippen molar-refractivity contribution < 1.29 is 4.79 Å². The summed E-state index contributed by atoms with van der Waals surface area (Å²) in [4.78, 5) is 13.4. The number of benzene rings is 1. The standard InChI is InChI=1S/C12H18N2O/c1-9(12(15)14(3)4)10-7-5-6-8-11(10)13-2/h5-9,13H,1-4H3/t9-/m1/s1. The lowest BCUT2D eigenvalue weighted by molar-refractivity contribution is -0.129. The fraction of sp³-hybridized carbons (Fsp3) is 0.417. The Kier molecular flexibility index (Phi) is 3.72. The van der Waals surface area contributed by atoms with E-state index in [1.807, 2.05) is 38.2 Å². The summed E-state index contributed by atoms with van der Waals surface area (Å²) in [7, 11) is 5.42. The van der Waals surface area contributed by atoms with Crippen LogP contribution in [0, 0.1) is 0 Å². The second kappa shape index (κ2) is 4.82. The van der Waals surface area contributed by atoms with Crippen molar-refractivity contribution in [3.8, 4) is 0 Å². The van der Waals surface area contributed by atoms with Crippen LogP contribution in [0.25, 0.3) is 0 Å². The molecule has 1 aromatic carbocycles. The Hall–Kier alpha value is -1.51. The van der Waals surface area contributed by atoms with E-state index in [0.29, 0.717) is 0 Å². The van der Waals surface area contributed by atoms with E-state index in [1.54, 1.807) is 19.0 Å². The van der Waals surface area contributed by atoms with Gasteiger partial charge in [-0.25, -0.2) is 0 Å². The maximum Gasteiger partial charge on any atom is 0.229 e. The average molecular weight is 206 g/mol. The Morgan fingerprint density at radius 2 is 1.93 bits per heavy atom. The molecule has 0 radical (unpaired) electrons. The zero-order chi connectivity index (χ0) is 11.4. The Morgan fingerprint density at radius 3 is 2.47 bits per heavy atom. The number of rotatable bonds is 3. The number of likely N-dealkylation sites (N-methyl/N-ethyl adjacent to an activating group) is 1. The van der Waals surface area contributed by atoms with Crippen molar-refractivity contribution >= 4 is 11.6 Å². The minimum Gasteiger partial charge on any atom is -0.388 e. The van der Waals surface area contributed by atoms with Crippen LogP contribution in [0.5, 0.6) is 0 Å². The monoisotopic (exact) mass is 206 g/mol. The van der Waals surface area contributed by atoms with E-state index < -0.39 is 0 Å². The van der Waals surface area contributed by atoms with Gasteiger partial charge in [0, 0.05) is 26.8 Å². The number of hydrogen-bond donors (Lipinski definition) is 1. The summed E-state index contributed by atoms with van der Waals surface area (Å²) in [6.07, 6.45) is 0. The van der Waals surface area contributed by atoms with Gasteiger partial charge in [0.15, 0.2) is 0 Å².